The Bertz CT molecular complexity index is 326. The summed E-state index contributed by atoms with van der Waals surface area (Å²) in [4.78, 5) is 13.9. The van der Waals surface area contributed by atoms with Gasteiger partial charge in [-0.15, -0.1) is 0 Å². The number of nitrogens with zero attached hydrogens (tertiary/aromatic N) is 3. The lowest BCUT2D eigenvalue weighted by Crippen LogP contribution is -2.57. The molecule has 2 N–H and O–H groups in total. The van der Waals surface area contributed by atoms with Crippen LogP contribution < -0.4 is 5.32 Å². The molecule has 2 atom stereocenters. The van der Waals surface area contributed by atoms with Crippen molar-refractivity contribution in [2.45, 2.75) is 25.9 Å². The monoisotopic (exact) mass is 209 g/mol. The highest BCUT2D eigenvalue weighted by Crippen LogP contribution is 2.12. The molecule has 82 valence electrons. The minimum Gasteiger partial charge on any atom is -0.329 e. The van der Waals surface area contributed by atoms with Crippen LogP contribution in [0.25, 0.3) is 0 Å². The standard InChI is InChI=1S/C9H15N5O/c1-6-3-10-4-7(2)14(6)9(15)8-5-11-13-12-8/h5-7,10H,3-4H2,1-2H3,(H,11,12,13)/t6-,7+. The van der Waals surface area contributed by atoms with E-state index in [-0.39, 0.29) is 18.0 Å². The first-order chi connectivity index (χ1) is 7.20. The fourth-order valence-corrected chi connectivity index (χ4v) is 1.97. The highest BCUT2D eigenvalue weighted by molar-refractivity contribution is 5.92. The number of carbonyl (C=O) groups excluding carboxylic acids is 1. The number of amides is 1. The first kappa shape index (κ1) is 10.1. The summed E-state index contributed by atoms with van der Waals surface area (Å²) >= 11 is 0. The zero-order chi connectivity index (χ0) is 10.8. The fourth-order valence-electron chi connectivity index (χ4n) is 1.97. The smallest absolute Gasteiger partial charge is 0.276 e. The molecule has 0 radical (unpaired) electrons. The topological polar surface area (TPSA) is 73.9 Å². The molecule has 1 fully saturated rings. The maximum absolute atomic E-state index is 12.1. The highest BCUT2D eigenvalue weighted by Gasteiger charge is 2.30. The first-order valence-corrected chi connectivity index (χ1v) is 5.09. The average Bonchev–Trinajstić information content (AvgIpc) is 2.69. The van der Waals surface area contributed by atoms with E-state index < -0.39 is 0 Å². The molecule has 0 unspecified atom stereocenters. The second kappa shape index (κ2) is 3.98. The van der Waals surface area contributed by atoms with E-state index in [0.717, 1.165) is 13.1 Å². The Hall–Kier alpha value is -1.43. The van der Waals surface area contributed by atoms with Crippen LogP contribution in [0.1, 0.15) is 24.3 Å². The quantitative estimate of drug-likeness (QED) is 0.661. The molecule has 0 spiro atoms. The lowest BCUT2D eigenvalue weighted by molar-refractivity contribution is 0.0538. The van der Waals surface area contributed by atoms with Crippen molar-refractivity contribution in [2.24, 2.45) is 0 Å². The Morgan fingerprint density at radius 3 is 2.67 bits per heavy atom. The average molecular weight is 209 g/mol. The molecule has 1 aromatic rings. The van der Waals surface area contributed by atoms with E-state index >= 15 is 0 Å². The summed E-state index contributed by atoms with van der Waals surface area (Å²) in [5.74, 6) is -0.0507. The molecule has 0 aliphatic carbocycles. The highest BCUT2D eigenvalue weighted by atomic mass is 16.2. The van der Waals surface area contributed by atoms with Gasteiger partial charge in [-0.3, -0.25) is 4.79 Å². The van der Waals surface area contributed by atoms with Crippen LogP contribution in [-0.2, 0) is 0 Å². The third kappa shape index (κ3) is 1.85. The van der Waals surface area contributed by atoms with Gasteiger partial charge in [0, 0.05) is 25.2 Å². The van der Waals surface area contributed by atoms with E-state index in [0.29, 0.717) is 5.69 Å². The molecule has 1 aliphatic heterocycles. The Morgan fingerprint density at radius 2 is 2.13 bits per heavy atom. The molecule has 6 nitrogen and oxygen atoms in total. The molecule has 1 saturated heterocycles. The van der Waals surface area contributed by atoms with Crippen LogP contribution in [0, 0.1) is 0 Å². The van der Waals surface area contributed by atoms with Crippen molar-refractivity contribution in [2.75, 3.05) is 13.1 Å². The molecule has 0 bridgehead atoms. The molecule has 1 aromatic heterocycles. The van der Waals surface area contributed by atoms with E-state index in [1.54, 1.807) is 0 Å². The zero-order valence-electron chi connectivity index (χ0n) is 8.90. The van der Waals surface area contributed by atoms with Crippen LogP contribution in [-0.4, -0.2) is 51.4 Å². The molecule has 6 heteroatoms. The van der Waals surface area contributed by atoms with E-state index in [2.05, 4.69) is 20.7 Å². The number of hydrogen-bond acceptors (Lipinski definition) is 4. The van der Waals surface area contributed by atoms with E-state index in [1.807, 2.05) is 18.7 Å². The molecule has 2 rings (SSSR count). The second-order valence-corrected chi connectivity index (χ2v) is 3.92. The van der Waals surface area contributed by atoms with Crippen molar-refractivity contribution < 1.29 is 4.79 Å². The molecule has 0 aromatic carbocycles. The summed E-state index contributed by atoms with van der Waals surface area (Å²) in [6.07, 6.45) is 1.46. The minimum atomic E-state index is -0.0507. The normalized spacial score (nSPS) is 26.7. The maximum atomic E-state index is 12.1. The summed E-state index contributed by atoms with van der Waals surface area (Å²) in [7, 11) is 0. The SMILES string of the molecule is C[C@@H]1CNC[C@H](C)N1C(=O)c1cn[nH]n1. The fraction of sp³-hybridized carbons (Fsp3) is 0.667. The number of hydrogen-bond donors (Lipinski definition) is 2. The number of nitrogens with one attached hydrogen (secondary N) is 2. The molecule has 15 heavy (non-hydrogen) atoms. The van der Waals surface area contributed by atoms with Crippen LogP contribution in [0.5, 0.6) is 0 Å². The van der Waals surface area contributed by atoms with Gasteiger partial charge in [-0.1, -0.05) is 0 Å². The Kier molecular flexibility index (Phi) is 2.68. The van der Waals surface area contributed by atoms with E-state index in [4.69, 9.17) is 0 Å². The second-order valence-electron chi connectivity index (χ2n) is 3.92. The molecule has 0 saturated carbocycles. The Labute approximate surface area is 88.0 Å². The predicted octanol–water partition coefficient (Wildman–Crippen LogP) is -0.373. The largest absolute Gasteiger partial charge is 0.329 e. The molecular weight excluding hydrogens is 194 g/mol. The van der Waals surface area contributed by atoms with Gasteiger partial charge in [-0.2, -0.15) is 15.4 Å². The number of aromatic amines is 1. The van der Waals surface area contributed by atoms with Gasteiger partial charge in [0.25, 0.3) is 5.91 Å². The molecule has 2 heterocycles. The summed E-state index contributed by atoms with van der Waals surface area (Å²) in [5.41, 5.74) is 0.385. The van der Waals surface area contributed by atoms with E-state index in [9.17, 15) is 4.79 Å². The molecular formula is C9H15N5O. The van der Waals surface area contributed by atoms with Crippen LogP contribution in [0.15, 0.2) is 6.20 Å². The number of aromatic nitrogens is 3. The number of piperazine rings is 1. The third-order valence-electron chi connectivity index (χ3n) is 2.70. The van der Waals surface area contributed by atoms with Crippen LogP contribution in [0.2, 0.25) is 0 Å². The minimum absolute atomic E-state index is 0.0507. The Balaban J connectivity index is 2.17. The summed E-state index contributed by atoms with van der Waals surface area (Å²) < 4.78 is 0. The number of H-pyrrole nitrogens is 1. The van der Waals surface area contributed by atoms with Crippen molar-refractivity contribution in [1.29, 1.82) is 0 Å². The van der Waals surface area contributed by atoms with Crippen molar-refractivity contribution >= 4 is 5.91 Å². The lowest BCUT2D eigenvalue weighted by Gasteiger charge is -2.38. The molecule has 1 amide bonds. The Morgan fingerprint density at radius 1 is 1.47 bits per heavy atom. The van der Waals surface area contributed by atoms with Gasteiger partial charge < -0.3 is 10.2 Å². The summed E-state index contributed by atoms with van der Waals surface area (Å²) in [6.45, 7) is 5.71. The van der Waals surface area contributed by atoms with Gasteiger partial charge in [0.1, 0.15) is 0 Å². The zero-order valence-corrected chi connectivity index (χ0v) is 8.90. The van der Waals surface area contributed by atoms with Crippen molar-refractivity contribution in [3.8, 4) is 0 Å². The van der Waals surface area contributed by atoms with Crippen molar-refractivity contribution in [1.82, 2.24) is 25.6 Å². The van der Waals surface area contributed by atoms with Crippen LogP contribution in [0.3, 0.4) is 0 Å². The van der Waals surface area contributed by atoms with Gasteiger partial charge in [0.2, 0.25) is 0 Å². The molecule has 1 aliphatic rings. The summed E-state index contributed by atoms with van der Waals surface area (Å²) in [6, 6.07) is 0.385. The van der Waals surface area contributed by atoms with Crippen molar-refractivity contribution in [3.63, 3.8) is 0 Å². The third-order valence-corrected chi connectivity index (χ3v) is 2.70. The van der Waals surface area contributed by atoms with Gasteiger partial charge in [-0.05, 0) is 13.8 Å². The first-order valence-electron chi connectivity index (χ1n) is 5.09. The van der Waals surface area contributed by atoms with E-state index in [1.165, 1.54) is 6.20 Å². The van der Waals surface area contributed by atoms with Gasteiger partial charge in [0.15, 0.2) is 5.69 Å². The summed E-state index contributed by atoms with van der Waals surface area (Å²) in [5, 5.41) is 13.2. The van der Waals surface area contributed by atoms with Gasteiger partial charge >= 0.3 is 0 Å². The van der Waals surface area contributed by atoms with Gasteiger partial charge in [0.05, 0.1) is 6.20 Å². The lowest BCUT2D eigenvalue weighted by atomic mass is 10.1. The number of rotatable bonds is 1. The predicted molar refractivity (Wildman–Crippen MR) is 54.3 cm³/mol. The van der Waals surface area contributed by atoms with Crippen molar-refractivity contribution in [3.05, 3.63) is 11.9 Å². The number of carbonyl (C=O) groups is 1. The van der Waals surface area contributed by atoms with Gasteiger partial charge in [-0.25, -0.2) is 0 Å². The maximum Gasteiger partial charge on any atom is 0.276 e. The van der Waals surface area contributed by atoms with Crippen LogP contribution in [0.4, 0.5) is 0 Å². The van der Waals surface area contributed by atoms with Crippen LogP contribution >= 0.6 is 0 Å².